The van der Waals surface area contributed by atoms with Gasteiger partial charge in [-0.15, -0.1) is 0 Å². The predicted molar refractivity (Wildman–Crippen MR) is 76.7 cm³/mol. The zero-order valence-corrected chi connectivity index (χ0v) is 12.1. The zero-order valence-electron chi connectivity index (χ0n) is 11.3. The van der Waals surface area contributed by atoms with Crippen molar-refractivity contribution < 1.29 is 18.1 Å². The van der Waals surface area contributed by atoms with Gasteiger partial charge < -0.3 is 5.32 Å². The van der Waals surface area contributed by atoms with E-state index >= 15 is 0 Å². The van der Waals surface area contributed by atoms with Gasteiger partial charge in [0.1, 0.15) is 5.69 Å². The molecule has 0 aliphatic heterocycles. The molecule has 116 valence electrons. The molecule has 1 fully saturated rings. The fourth-order valence-electron chi connectivity index (χ4n) is 2.49. The van der Waals surface area contributed by atoms with E-state index in [-0.39, 0.29) is 11.7 Å². The second-order valence-corrected chi connectivity index (χ2v) is 6.14. The second kappa shape index (κ2) is 6.13. The number of hydrogen-bond acceptors (Lipinski definition) is 4. The Morgan fingerprint density at radius 3 is 2.62 bits per heavy atom. The highest BCUT2D eigenvalue weighted by molar-refractivity contribution is 7.99. The number of nitro benzene ring substituents is 1. The number of nitro groups is 1. The summed E-state index contributed by atoms with van der Waals surface area (Å²) >= 11 is 1.74. The quantitative estimate of drug-likeness (QED) is 0.663. The first kappa shape index (κ1) is 15.9. The van der Waals surface area contributed by atoms with Crippen molar-refractivity contribution in [3.8, 4) is 0 Å². The van der Waals surface area contributed by atoms with Gasteiger partial charge >= 0.3 is 6.18 Å². The molecule has 0 radical (unpaired) electrons. The Bertz CT molecular complexity index is 537. The van der Waals surface area contributed by atoms with Gasteiger partial charge in [0.2, 0.25) is 0 Å². The van der Waals surface area contributed by atoms with Crippen LogP contribution in [0.3, 0.4) is 0 Å². The first-order valence-electron chi connectivity index (χ1n) is 6.46. The fraction of sp³-hybridized carbons (Fsp3) is 0.538. The molecule has 0 saturated heterocycles. The van der Waals surface area contributed by atoms with Gasteiger partial charge in [0.15, 0.2) is 0 Å². The summed E-state index contributed by atoms with van der Waals surface area (Å²) in [4.78, 5) is 10.2. The average Bonchev–Trinajstić information content (AvgIpc) is 2.85. The number of benzene rings is 1. The molecule has 0 bridgehead atoms. The van der Waals surface area contributed by atoms with Gasteiger partial charge in [0.05, 0.1) is 10.5 Å². The summed E-state index contributed by atoms with van der Waals surface area (Å²) in [6.45, 7) is 0. The van der Waals surface area contributed by atoms with E-state index in [1.807, 2.05) is 6.26 Å². The largest absolute Gasteiger partial charge is 0.416 e. The maximum Gasteiger partial charge on any atom is 0.416 e. The van der Waals surface area contributed by atoms with Crippen LogP contribution in [-0.4, -0.2) is 22.5 Å². The van der Waals surface area contributed by atoms with Gasteiger partial charge in [-0.2, -0.15) is 24.9 Å². The van der Waals surface area contributed by atoms with Gasteiger partial charge in [-0.25, -0.2) is 0 Å². The van der Waals surface area contributed by atoms with E-state index < -0.39 is 22.4 Å². The van der Waals surface area contributed by atoms with Crippen molar-refractivity contribution in [1.29, 1.82) is 0 Å². The Hall–Kier alpha value is -1.44. The monoisotopic (exact) mass is 320 g/mol. The SMILES string of the molecule is CSC1CCC(Nc2ccc(C(F)(F)F)cc2[N+](=O)[O-])C1. The van der Waals surface area contributed by atoms with E-state index in [0.717, 1.165) is 31.4 Å². The molecule has 0 spiro atoms. The highest BCUT2D eigenvalue weighted by Crippen LogP contribution is 2.37. The summed E-state index contributed by atoms with van der Waals surface area (Å²) in [6, 6.07) is 2.67. The van der Waals surface area contributed by atoms with Crippen LogP contribution in [-0.2, 0) is 6.18 Å². The van der Waals surface area contributed by atoms with Crippen molar-refractivity contribution in [2.45, 2.75) is 36.7 Å². The van der Waals surface area contributed by atoms with Gasteiger partial charge in [-0.3, -0.25) is 10.1 Å². The molecule has 1 saturated carbocycles. The average molecular weight is 320 g/mol. The van der Waals surface area contributed by atoms with E-state index in [2.05, 4.69) is 5.32 Å². The normalized spacial score (nSPS) is 22.3. The van der Waals surface area contributed by atoms with Crippen LogP contribution < -0.4 is 5.32 Å². The first-order chi connectivity index (χ1) is 9.81. The number of halogens is 3. The maximum absolute atomic E-state index is 12.6. The molecule has 1 aliphatic carbocycles. The van der Waals surface area contributed by atoms with Gasteiger partial charge in [0, 0.05) is 17.4 Å². The van der Waals surface area contributed by atoms with Crippen LogP contribution in [0.2, 0.25) is 0 Å². The number of hydrogen-bond donors (Lipinski definition) is 1. The van der Waals surface area contributed by atoms with Crippen molar-refractivity contribution in [2.75, 3.05) is 11.6 Å². The van der Waals surface area contributed by atoms with E-state index in [4.69, 9.17) is 0 Å². The summed E-state index contributed by atoms with van der Waals surface area (Å²) in [5.41, 5.74) is -1.38. The Labute approximate surface area is 124 Å². The standard InChI is InChI=1S/C13H15F3N2O2S/c1-21-10-4-3-9(7-10)17-11-5-2-8(13(14,15)16)6-12(11)18(19)20/h2,5-6,9-10,17H,3-4,7H2,1H3. The number of alkyl halides is 3. The molecular formula is C13H15F3N2O2S. The van der Waals surface area contributed by atoms with Crippen LogP contribution in [0.15, 0.2) is 18.2 Å². The molecule has 2 rings (SSSR count). The van der Waals surface area contributed by atoms with Crippen LogP contribution in [0.5, 0.6) is 0 Å². The molecule has 8 heteroatoms. The fourth-order valence-corrected chi connectivity index (χ4v) is 3.28. The molecule has 1 aliphatic rings. The summed E-state index contributed by atoms with van der Waals surface area (Å²) in [5.74, 6) is 0. The molecule has 0 aromatic heterocycles. The molecule has 0 amide bonds. The smallest absolute Gasteiger partial charge is 0.377 e. The molecular weight excluding hydrogens is 305 g/mol. The van der Waals surface area contributed by atoms with Crippen LogP contribution in [0.1, 0.15) is 24.8 Å². The van der Waals surface area contributed by atoms with Gasteiger partial charge in [-0.05, 0) is 37.7 Å². The predicted octanol–water partition coefficient (Wildman–Crippen LogP) is 4.31. The van der Waals surface area contributed by atoms with E-state index in [9.17, 15) is 23.3 Å². The lowest BCUT2D eigenvalue weighted by Gasteiger charge is -2.15. The summed E-state index contributed by atoms with van der Waals surface area (Å²) < 4.78 is 37.9. The van der Waals surface area contributed by atoms with E-state index in [1.165, 1.54) is 0 Å². The molecule has 0 heterocycles. The highest BCUT2D eigenvalue weighted by atomic mass is 32.2. The minimum absolute atomic E-state index is 0.0675. The van der Waals surface area contributed by atoms with E-state index in [0.29, 0.717) is 11.3 Å². The van der Waals surface area contributed by atoms with Gasteiger partial charge in [0.25, 0.3) is 5.69 Å². The van der Waals surface area contributed by atoms with Crippen LogP contribution in [0, 0.1) is 10.1 Å². The Balaban J connectivity index is 2.21. The summed E-state index contributed by atoms with van der Waals surface area (Å²) in [5, 5.41) is 14.5. The maximum atomic E-state index is 12.6. The third-order valence-corrected chi connectivity index (χ3v) is 4.69. The molecule has 1 aromatic rings. The summed E-state index contributed by atoms with van der Waals surface area (Å²) in [7, 11) is 0. The molecule has 2 unspecified atom stereocenters. The van der Waals surface area contributed by atoms with Crippen LogP contribution >= 0.6 is 11.8 Å². The van der Waals surface area contributed by atoms with Crippen molar-refractivity contribution in [2.24, 2.45) is 0 Å². The third kappa shape index (κ3) is 3.81. The molecule has 1 N–H and O–H groups in total. The molecule has 21 heavy (non-hydrogen) atoms. The Kier molecular flexibility index (Phi) is 4.65. The van der Waals surface area contributed by atoms with Crippen molar-refractivity contribution in [3.63, 3.8) is 0 Å². The number of thioether (sulfide) groups is 1. The third-order valence-electron chi connectivity index (χ3n) is 3.60. The van der Waals surface area contributed by atoms with Crippen LogP contribution in [0.4, 0.5) is 24.5 Å². The minimum Gasteiger partial charge on any atom is -0.377 e. The lowest BCUT2D eigenvalue weighted by atomic mass is 10.1. The van der Waals surface area contributed by atoms with Crippen molar-refractivity contribution in [3.05, 3.63) is 33.9 Å². The molecule has 1 aromatic carbocycles. The number of nitrogens with one attached hydrogen (secondary N) is 1. The van der Waals surface area contributed by atoms with Crippen LogP contribution in [0.25, 0.3) is 0 Å². The van der Waals surface area contributed by atoms with Crippen molar-refractivity contribution in [1.82, 2.24) is 0 Å². The Morgan fingerprint density at radius 1 is 1.38 bits per heavy atom. The van der Waals surface area contributed by atoms with Gasteiger partial charge in [-0.1, -0.05) is 0 Å². The zero-order chi connectivity index (χ0) is 15.6. The highest BCUT2D eigenvalue weighted by Gasteiger charge is 2.33. The first-order valence-corrected chi connectivity index (χ1v) is 7.75. The number of anilines is 1. The minimum atomic E-state index is -4.58. The number of rotatable bonds is 4. The lowest BCUT2D eigenvalue weighted by molar-refractivity contribution is -0.384. The lowest BCUT2D eigenvalue weighted by Crippen LogP contribution is -2.17. The van der Waals surface area contributed by atoms with Crippen molar-refractivity contribution >= 4 is 23.1 Å². The molecule has 4 nitrogen and oxygen atoms in total. The Morgan fingerprint density at radius 2 is 2.10 bits per heavy atom. The van der Waals surface area contributed by atoms with E-state index in [1.54, 1.807) is 11.8 Å². The topological polar surface area (TPSA) is 55.2 Å². The molecule has 2 atom stereocenters. The second-order valence-electron chi connectivity index (χ2n) is 5.00. The summed E-state index contributed by atoms with van der Waals surface area (Å²) in [6.07, 6.45) is 0.157. The number of nitrogens with zero attached hydrogens (tertiary/aromatic N) is 1.